The van der Waals surface area contributed by atoms with E-state index < -0.39 is 10.0 Å². The monoisotopic (exact) mass is 243 g/mol. The van der Waals surface area contributed by atoms with E-state index in [4.69, 9.17) is 0 Å². The van der Waals surface area contributed by atoms with Gasteiger partial charge >= 0.3 is 0 Å². The van der Waals surface area contributed by atoms with Crippen LogP contribution in [0.5, 0.6) is 0 Å². The molecule has 0 amide bonds. The largest absolute Gasteiger partial charge is 0.316 e. The first-order valence-corrected chi connectivity index (χ1v) is 6.81. The normalized spacial score (nSPS) is 11.4. The lowest BCUT2D eigenvalue weighted by Gasteiger charge is -2.08. The number of hydrogen-bond donors (Lipinski definition) is 2. The lowest BCUT2D eigenvalue weighted by molar-refractivity contribution is 0.597. The molecular formula is C10H17N3O2S. The Labute approximate surface area is 96.3 Å². The van der Waals surface area contributed by atoms with Crippen LogP contribution in [0, 0.1) is 6.92 Å². The lowest BCUT2D eigenvalue weighted by Crippen LogP contribution is -2.26. The summed E-state index contributed by atoms with van der Waals surface area (Å²) in [7, 11) is -3.28. The van der Waals surface area contributed by atoms with Gasteiger partial charge in [-0.15, -0.1) is 0 Å². The number of hydrogen-bond acceptors (Lipinski definition) is 4. The van der Waals surface area contributed by atoms with Crippen LogP contribution in [0.15, 0.2) is 18.5 Å². The number of aromatic nitrogens is 1. The van der Waals surface area contributed by atoms with Gasteiger partial charge in [0, 0.05) is 12.7 Å². The SMILES string of the molecule is CCNCCS(=O)(=O)Nc1cncc(C)c1. The number of pyridine rings is 1. The van der Waals surface area contributed by atoms with Gasteiger partial charge in [-0.05, 0) is 25.1 Å². The fourth-order valence-electron chi connectivity index (χ4n) is 1.22. The molecule has 0 radical (unpaired) electrons. The van der Waals surface area contributed by atoms with Crippen LogP contribution in [0.1, 0.15) is 12.5 Å². The van der Waals surface area contributed by atoms with Crippen molar-refractivity contribution >= 4 is 15.7 Å². The number of anilines is 1. The predicted molar refractivity (Wildman–Crippen MR) is 64.9 cm³/mol. The number of nitrogens with one attached hydrogen (secondary N) is 2. The van der Waals surface area contributed by atoms with Crippen LogP contribution in [0.2, 0.25) is 0 Å². The highest BCUT2D eigenvalue weighted by Gasteiger charge is 2.09. The number of sulfonamides is 1. The molecule has 0 aliphatic heterocycles. The van der Waals surface area contributed by atoms with Crippen molar-refractivity contribution in [3.05, 3.63) is 24.0 Å². The first-order chi connectivity index (χ1) is 7.53. The summed E-state index contributed by atoms with van der Waals surface area (Å²) >= 11 is 0. The van der Waals surface area contributed by atoms with Gasteiger partial charge in [0.05, 0.1) is 17.6 Å². The summed E-state index contributed by atoms with van der Waals surface area (Å²) in [5, 5.41) is 2.97. The Kier molecular flexibility index (Phi) is 4.70. The molecule has 16 heavy (non-hydrogen) atoms. The van der Waals surface area contributed by atoms with E-state index in [2.05, 4.69) is 15.0 Å². The van der Waals surface area contributed by atoms with Crippen LogP contribution >= 0.6 is 0 Å². The average Bonchev–Trinajstić information content (AvgIpc) is 2.17. The molecule has 6 heteroatoms. The minimum atomic E-state index is -3.28. The summed E-state index contributed by atoms with van der Waals surface area (Å²) in [5.41, 5.74) is 1.43. The van der Waals surface area contributed by atoms with Gasteiger partial charge in [0.2, 0.25) is 10.0 Å². The topological polar surface area (TPSA) is 71.1 Å². The van der Waals surface area contributed by atoms with E-state index in [-0.39, 0.29) is 5.75 Å². The van der Waals surface area contributed by atoms with Crippen LogP contribution in [0.25, 0.3) is 0 Å². The fraction of sp³-hybridized carbons (Fsp3) is 0.500. The third-order valence-corrected chi connectivity index (χ3v) is 3.23. The van der Waals surface area contributed by atoms with Gasteiger partial charge in [0.15, 0.2) is 0 Å². The van der Waals surface area contributed by atoms with E-state index in [1.165, 1.54) is 6.20 Å². The Hall–Kier alpha value is -1.14. The van der Waals surface area contributed by atoms with Crippen LogP contribution < -0.4 is 10.0 Å². The van der Waals surface area contributed by atoms with E-state index >= 15 is 0 Å². The van der Waals surface area contributed by atoms with Gasteiger partial charge in [-0.1, -0.05) is 6.92 Å². The van der Waals surface area contributed by atoms with Crippen LogP contribution in [-0.2, 0) is 10.0 Å². The van der Waals surface area contributed by atoms with Crippen LogP contribution in [-0.4, -0.2) is 32.2 Å². The van der Waals surface area contributed by atoms with Gasteiger partial charge in [0.25, 0.3) is 0 Å². The molecule has 1 heterocycles. The van der Waals surface area contributed by atoms with Crippen LogP contribution in [0.3, 0.4) is 0 Å². The zero-order valence-electron chi connectivity index (χ0n) is 9.53. The average molecular weight is 243 g/mol. The van der Waals surface area contributed by atoms with E-state index in [0.717, 1.165) is 12.1 Å². The van der Waals surface area contributed by atoms with Crippen LogP contribution in [0.4, 0.5) is 5.69 Å². The standard InChI is InChI=1S/C10H17N3O2S/c1-3-11-4-5-16(14,15)13-10-6-9(2)7-12-8-10/h6-8,11,13H,3-5H2,1-2H3. The molecule has 0 unspecified atom stereocenters. The minimum Gasteiger partial charge on any atom is -0.316 e. The van der Waals surface area contributed by atoms with E-state index in [1.54, 1.807) is 12.3 Å². The molecule has 0 atom stereocenters. The van der Waals surface area contributed by atoms with Crippen molar-refractivity contribution in [1.29, 1.82) is 0 Å². The first-order valence-electron chi connectivity index (χ1n) is 5.16. The smallest absolute Gasteiger partial charge is 0.234 e. The number of nitrogens with zero attached hydrogens (tertiary/aromatic N) is 1. The molecule has 1 aromatic rings. The fourth-order valence-corrected chi connectivity index (χ4v) is 2.21. The third-order valence-electron chi connectivity index (χ3n) is 1.95. The van der Waals surface area contributed by atoms with E-state index in [1.807, 2.05) is 13.8 Å². The molecule has 0 aliphatic rings. The Morgan fingerprint density at radius 2 is 2.12 bits per heavy atom. The zero-order chi connectivity index (χ0) is 12.0. The van der Waals surface area contributed by atoms with Crippen molar-refractivity contribution in [1.82, 2.24) is 10.3 Å². The quantitative estimate of drug-likeness (QED) is 0.723. The van der Waals surface area contributed by atoms with Gasteiger partial charge < -0.3 is 5.32 Å². The summed E-state index contributed by atoms with van der Waals surface area (Å²) in [6.45, 7) is 5.01. The molecule has 0 bridgehead atoms. The molecule has 5 nitrogen and oxygen atoms in total. The zero-order valence-corrected chi connectivity index (χ0v) is 10.3. The van der Waals surface area contributed by atoms with Crippen molar-refractivity contribution in [3.63, 3.8) is 0 Å². The summed E-state index contributed by atoms with van der Waals surface area (Å²) in [4.78, 5) is 3.92. The molecule has 2 N–H and O–H groups in total. The van der Waals surface area contributed by atoms with Gasteiger partial charge in [-0.25, -0.2) is 8.42 Å². The molecule has 1 rings (SSSR count). The Morgan fingerprint density at radius 3 is 2.75 bits per heavy atom. The maximum Gasteiger partial charge on any atom is 0.234 e. The molecular weight excluding hydrogens is 226 g/mol. The highest BCUT2D eigenvalue weighted by molar-refractivity contribution is 7.92. The second-order valence-corrected chi connectivity index (χ2v) is 5.37. The van der Waals surface area contributed by atoms with Crippen molar-refractivity contribution in [2.24, 2.45) is 0 Å². The van der Waals surface area contributed by atoms with Gasteiger partial charge in [0.1, 0.15) is 0 Å². The molecule has 0 spiro atoms. The third kappa shape index (κ3) is 4.59. The Balaban J connectivity index is 2.59. The minimum absolute atomic E-state index is 0.0643. The Bertz CT molecular complexity index is 431. The summed E-state index contributed by atoms with van der Waals surface area (Å²) < 4.78 is 25.7. The summed E-state index contributed by atoms with van der Waals surface area (Å²) in [5.74, 6) is 0.0643. The second kappa shape index (κ2) is 5.81. The maximum atomic E-state index is 11.6. The number of rotatable bonds is 6. The van der Waals surface area contributed by atoms with Crippen molar-refractivity contribution < 1.29 is 8.42 Å². The molecule has 0 fully saturated rings. The molecule has 0 saturated heterocycles. The van der Waals surface area contributed by atoms with Gasteiger partial charge in [-0.2, -0.15) is 0 Å². The predicted octanol–water partition coefficient (Wildman–Crippen LogP) is 0.741. The Morgan fingerprint density at radius 1 is 1.38 bits per heavy atom. The molecule has 90 valence electrons. The number of aryl methyl sites for hydroxylation is 1. The van der Waals surface area contributed by atoms with E-state index in [9.17, 15) is 8.42 Å². The van der Waals surface area contributed by atoms with Gasteiger partial charge in [-0.3, -0.25) is 9.71 Å². The maximum absolute atomic E-state index is 11.6. The highest BCUT2D eigenvalue weighted by atomic mass is 32.2. The highest BCUT2D eigenvalue weighted by Crippen LogP contribution is 2.09. The van der Waals surface area contributed by atoms with Crippen molar-refractivity contribution in [3.8, 4) is 0 Å². The molecule has 0 aromatic carbocycles. The first kappa shape index (κ1) is 12.9. The molecule has 0 aliphatic carbocycles. The summed E-state index contributed by atoms with van der Waals surface area (Å²) in [6.07, 6.45) is 3.17. The second-order valence-electron chi connectivity index (χ2n) is 3.53. The van der Waals surface area contributed by atoms with Crippen molar-refractivity contribution in [2.45, 2.75) is 13.8 Å². The lowest BCUT2D eigenvalue weighted by atomic mass is 10.3. The molecule has 1 aromatic heterocycles. The van der Waals surface area contributed by atoms with E-state index in [0.29, 0.717) is 12.2 Å². The summed E-state index contributed by atoms with van der Waals surface area (Å²) in [6, 6.07) is 1.75. The van der Waals surface area contributed by atoms with Crippen molar-refractivity contribution in [2.75, 3.05) is 23.6 Å². The molecule has 0 saturated carbocycles.